The monoisotopic (exact) mass is 235 g/mol. The first-order chi connectivity index (χ1) is 8.17. The lowest BCUT2D eigenvalue weighted by Crippen LogP contribution is -2.32. The zero-order chi connectivity index (χ0) is 12.7. The van der Waals surface area contributed by atoms with Crippen LogP contribution in [0.4, 0.5) is 0 Å². The minimum absolute atomic E-state index is 0.371. The molecule has 1 aromatic rings. The van der Waals surface area contributed by atoms with Gasteiger partial charge in [0.05, 0.1) is 6.61 Å². The van der Waals surface area contributed by atoms with E-state index in [4.69, 9.17) is 4.74 Å². The van der Waals surface area contributed by atoms with Crippen LogP contribution in [0.15, 0.2) is 24.3 Å². The number of rotatable bonds is 7. The van der Waals surface area contributed by atoms with Crippen LogP contribution in [-0.2, 0) is 11.2 Å². The maximum Gasteiger partial charge on any atom is 0.0613 e. The molecule has 0 heterocycles. The van der Waals surface area contributed by atoms with Crippen molar-refractivity contribution in [2.45, 2.75) is 45.7 Å². The molecule has 1 N–H and O–H groups in total. The van der Waals surface area contributed by atoms with Crippen LogP contribution in [0.5, 0.6) is 0 Å². The van der Waals surface area contributed by atoms with Crippen molar-refractivity contribution in [3.63, 3.8) is 0 Å². The van der Waals surface area contributed by atoms with Crippen molar-refractivity contribution in [1.29, 1.82) is 0 Å². The molecule has 17 heavy (non-hydrogen) atoms. The Morgan fingerprint density at radius 3 is 2.35 bits per heavy atom. The van der Waals surface area contributed by atoms with Crippen molar-refractivity contribution >= 4 is 0 Å². The first kappa shape index (κ1) is 14.2. The SMILES string of the molecule is CCCc1ccc(C(C)NC(C)COC)cc1. The summed E-state index contributed by atoms with van der Waals surface area (Å²) in [4.78, 5) is 0. The van der Waals surface area contributed by atoms with E-state index in [-0.39, 0.29) is 0 Å². The van der Waals surface area contributed by atoms with E-state index in [9.17, 15) is 0 Å². The average molecular weight is 235 g/mol. The third kappa shape index (κ3) is 4.88. The molecule has 1 aromatic carbocycles. The molecule has 2 nitrogen and oxygen atoms in total. The highest BCUT2D eigenvalue weighted by atomic mass is 16.5. The molecule has 0 aromatic heterocycles. The summed E-state index contributed by atoms with van der Waals surface area (Å²) in [6, 6.07) is 9.67. The molecule has 0 saturated carbocycles. The fourth-order valence-corrected chi connectivity index (χ4v) is 2.08. The summed E-state index contributed by atoms with van der Waals surface area (Å²) >= 11 is 0. The highest BCUT2D eigenvalue weighted by molar-refractivity contribution is 5.24. The van der Waals surface area contributed by atoms with Gasteiger partial charge < -0.3 is 10.1 Å². The largest absolute Gasteiger partial charge is 0.383 e. The van der Waals surface area contributed by atoms with Gasteiger partial charge in [-0.2, -0.15) is 0 Å². The van der Waals surface area contributed by atoms with E-state index in [1.54, 1.807) is 7.11 Å². The summed E-state index contributed by atoms with van der Waals surface area (Å²) in [5.74, 6) is 0. The van der Waals surface area contributed by atoms with Crippen LogP contribution >= 0.6 is 0 Å². The van der Waals surface area contributed by atoms with Gasteiger partial charge in [-0.25, -0.2) is 0 Å². The van der Waals surface area contributed by atoms with Crippen molar-refractivity contribution < 1.29 is 4.74 Å². The molecule has 0 amide bonds. The molecule has 0 fully saturated rings. The van der Waals surface area contributed by atoms with E-state index >= 15 is 0 Å². The molecule has 0 aliphatic heterocycles. The molecule has 0 aliphatic rings. The average Bonchev–Trinajstić information content (AvgIpc) is 2.30. The topological polar surface area (TPSA) is 21.3 Å². The Morgan fingerprint density at radius 1 is 1.18 bits per heavy atom. The number of nitrogens with one attached hydrogen (secondary N) is 1. The molecule has 0 saturated heterocycles. The van der Waals surface area contributed by atoms with Gasteiger partial charge in [-0.15, -0.1) is 0 Å². The van der Waals surface area contributed by atoms with E-state index < -0.39 is 0 Å². The van der Waals surface area contributed by atoms with Crippen LogP contribution in [0.1, 0.15) is 44.4 Å². The van der Waals surface area contributed by atoms with Crippen LogP contribution in [0, 0.1) is 0 Å². The van der Waals surface area contributed by atoms with E-state index in [2.05, 4.69) is 50.4 Å². The second-order valence-electron chi connectivity index (χ2n) is 4.74. The van der Waals surface area contributed by atoms with Gasteiger partial charge in [0.1, 0.15) is 0 Å². The molecule has 2 unspecified atom stereocenters. The highest BCUT2D eigenvalue weighted by Crippen LogP contribution is 2.14. The Hall–Kier alpha value is -0.860. The molecular formula is C15H25NO. The van der Waals surface area contributed by atoms with Gasteiger partial charge in [-0.3, -0.25) is 0 Å². The highest BCUT2D eigenvalue weighted by Gasteiger charge is 2.08. The minimum atomic E-state index is 0.371. The number of hydrogen-bond donors (Lipinski definition) is 1. The van der Waals surface area contributed by atoms with Crippen LogP contribution in [0.3, 0.4) is 0 Å². The predicted molar refractivity (Wildman–Crippen MR) is 73.3 cm³/mol. The summed E-state index contributed by atoms with van der Waals surface area (Å²) in [6.07, 6.45) is 2.38. The number of benzene rings is 1. The van der Waals surface area contributed by atoms with Crippen LogP contribution in [0.25, 0.3) is 0 Å². The summed E-state index contributed by atoms with van der Waals surface area (Å²) in [5, 5.41) is 3.52. The lowest BCUT2D eigenvalue weighted by Gasteiger charge is -2.20. The first-order valence-corrected chi connectivity index (χ1v) is 6.51. The van der Waals surface area contributed by atoms with Gasteiger partial charge in [0.15, 0.2) is 0 Å². The van der Waals surface area contributed by atoms with Gasteiger partial charge in [-0.1, -0.05) is 37.6 Å². The summed E-state index contributed by atoms with van der Waals surface area (Å²) in [5.41, 5.74) is 2.76. The number of methoxy groups -OCH3 is 1. The van der Waals surface area contributed by atoms with E-state index in [1.165, 1.54) is 24.0 Å². The van der Waals surface area contributed by atoms with Crippen LogP contribution < -0.4 is 5.32 Å². The van der Waals surface area contributed by atoms with Crippen molar-refractivity contribution in [2.24, 2.45) is 0 Å². The molecule has 0 spiro atoms. The Balaban J connectivity index is 2.53. The van der Waals surface area contributed by atoms with Crippen LogP contribution in [0.2, 0.25) is 0 Å². The van der Waals surface area contributed by atoms with Crippen molar-refractivity contribution in [3.8, 4) is 0 Å². The molecule has 2 heteroatoms. The van der Waals surface area contributed by atoms with Gasteiger partial charge in [-0.05, 0) is 31.4 Å². The number of aryl methyl sites for hydroxylation is 1. The van der Waals surface area contributed by atoms with Gasteiger partial charge in [0.2, 0.25) is 0 Å². The molecule has 0 aliphatic carbocycles. The molecular weight excluding hydrogens is 210 g/mol. The zero-order valence-electron chi connectivity index (χ0n) is 11.5. The lowest BCUT2D eigenvalue weighted by molar-refractivity contribution is 0.168. The Labute approximate surface area is 105 Å². The van der Waals surface area contributed by atoms with Crippen LogP contribution in [-0.4, -0.2) is 19.8 Å². The first-order valence-electron chi connectivity index (χ1n) is 6.51. The normalized spacial score (nSPS) is 14.6. The van der Waals surface area contributed by atoms with E-state index in [1.807, 2.05) is 0 Å². The second-order valence-corrected chi connectivity index (χ2v) is 4.74. The molecule has 0 radical (unpaired) electrons. The maximum atomic E-state index is 5.13. The molecule has 1 rings (SSSR count). The number of hydrogen-bond acceptors (Lipinski definition) is 2. The number of ether oxygens (including phenoxy) is 1. The quantitative estimate of drug-likeness (QED) is 0.782. The van der Waals surface area contributed by atoms with Gasteiger partial charge >= 0.3 is 0 Å². The Morgan fingerprint density at radius 2 is 1.82 bits per heavy atom. The standard InChI is InChI=1S/C15H25NO/c1-5-6-14-7-9-15(10-8-14)13(3)16-12(2)11-17-4/h7-10,12-13,16H,5-6,11H2,1-4H3. The summed E-state index contributed by atoms with van der Waals surface area (Å²) in [7, 11) is 1.74. The Kier molecular flexibility index (Phi) is 6.23. The summed E-state index contributed by atoms with van der Waals surface area (Å²) < 4.78 is 5.13. The molecule has 2 atom stereocenters. The summed E-state index contributed by atoms with van der Waals surface area (Å²) in [6.45, 7) is 7.30. The maximum absolute atomic E-state index is 5.13. The lowest BCUT2D eigenvalue weighted by atomic mass is 10.0. The van der Waals surface area contributed by atoms with Gasteiger partial charge in [0, 0.05) is 19.2 Å². The van der Waals surface area contributed by atoms with Gasteiger partial charge in [0.25, 0.3) is 0 Å². The smallest absolute Gasteiger partial charge is 0.0613 e. The van der Waals surface area contributed by atoms with Crippen molar-refractivity contribution in [1.82, 2.24) is 5.32 Å². The third-order valence-corrected chi connectivity index (χ3v) is 2.97. The molecule has 0 bridgehead atoms. The Bertz CT molecular complexity index is 307. The fraction of sp³-hybridized carbons (Fsp3) is 0.600. The second kappa shape index (κ2) is 7.46. The minimum Gasteiger partial charge on any atom is -0.383 e. The molecule has 96 valence electrons. The third-order valence-electron chi connectivity index (χ3n) is 2.97. The van der Waals surface area contributed by atoms with Crippen molar-refractivity contribution in [2.75, 3.05) is 13.7 Å². The van der Waals surface area contributed by atoms with E-state index in [0.29, 0.717) is 12.1 Å². The van der Waals surface area contributed by atoms with Crippen molar-refractivity contribution in [3.05, 3.63) is 35.4 Å². The predicted octanol–water partition coefficient (Wildman–Crippen LogP) is 3.32. The zero-order valence-corrected chi connectivity index (χ0v) is 11.5. The fourth-order valence-electron chi connectivity index (χ4n) is 2.08. The van der Waals surface area contributed by atoms with E-state index in [0.717, 1.165) is 6.61 Å².